The van der Waals surface area contributed by atoms with Crippen LogP contribution in [0.1, 0.15) is 5.56 Å². The van der Waals surface area contributed by atoms with Gasteiger partial charge in [0, 0.05) is 6.07 Å². The number of H-pyrrole nitrogens is 1. The number of aromatic nitrogens is 2. The first-order valence-corrected chi connectivity index (χ1v) is 3.94. The number of aromatic amines is 1. The van der Waals surface area contributed by atoms with Gasteiger partial charge in [-0.1, -0.05) is 0 Å². The van der Waals surface area contributed by atoms with Gasteiger partial charge in [-0.05, 0) is 6.07 Å². The molecule has 0 atom stereocenters. The number of imidazole rings is 1. The standard InChI is InChI=1S/C8H7N3O3/c12-3-5-7(11(13)14)2-1-6-8(5)10-4-9-6/h1-2,4,12H,3H2,(H,9,10). The largest absolute Gasteiger partial charge is 0.391 e. The summed E-state index contributed by atoms with van der Waals surface area (Å²) < 4.78 is 0. The number of nitrogens with one attached hydrogen (secondary N) is 1. The van der Waals surface area contributed by atoms with E-state index in [0.717, 1.165) is 0 Å². The van der Waals surface area contributed by atoms with E-state index in [2.05, 4.69) is 9.97 Å². The monoisotopic (exact) mass is 193 g/mol. The van der Waals surface area contributed by atoms with Crippen LogP contribution in [-0.4, -0.2) is 20.0 Å². The van der Waals surface area contributed by atoms with Crippen molar-refractivity contribution in [2.45, 2.75) is 6.61 Å². The molecular weight excluding hydrogens is 186 g/mol. The first kappa shape index (κ1) is 8.64. The number of hydrogen-bond donors (Lipinski definition) is 2. The molecule has 1 aromatic heterocycles. The number of benzene rings is 1. The van der Waals surface area contributed by atoms with Crippen molar-refractivity contribution in [3.8, 4) is 0 Å². The fourth-order valence-corrected chi connectivity index (χ4v) is 1.38. The normalized spacial score (nSPS) is 10.6. The van der Waals surface area contributed by atoms with E-state index in [1.807, 2.05) is 0 Å². The van der Waals surface area contributed by atoms with E-state index in [1.165, 1.54) is 12.4 Å². The van der Waals surface area contributed by atoms with Crippen LogP contribution in [0.25, 0.3) is 11.0 Å². The van der Waals surface area contributed by atoms with Crippen LogP contribution < -0.4 is 0 Å². The van der Waals surface area contributed by atoms with Crippen LogP contribution in [0.5, 0.6) is 0 Å². The highest BCUT2D eigenvalue weighted by atomic mass is 16.6. The van der Waals surface area contributed by atoms with Gasteiger partial charge in [-0.3, -0.25) is 10.1 Å². The summed E-state index contributed by atoms with van der Waals surface area (Å²) in [4.78, 5) is 16.8. The summed E-state index contributed by atoms with van der Waals surface area (Å²) in [6.45, 7) is -0.390. The molecule has 1 aromatic carbocycles. The van der Waals surface area contributed by atoms with Gasteiger partial charge in [-0.15, -0.1) is 0 Å². The Labute approximate surface area is 78.4 Å². The molecule has 0 aliphatic heterocycles. The van der Waals surface area contributed by atoms with E-state index >= 15 is 0 Å². The van der Waals surface area contributed by atoms with E-state index < -0.39 is 11.5 Å². The molecule has 0 aliphatic rings. The summed E-state index contributed by atoms with van der Waals surface area (Å²) in [6, 6.07) is 2.92. The van der Waals surface area contributed by atoms with Crippen molar-refractivity contribution in [1.82, 2.24) is 9.97 Å². The van der Waals surface area contributed by atoms with Gasteiger partial charge in [0.15, 0.2) is 0 Å². The minimum atomic E-state index is -0.528. The Bertz CT molecular complexity index is 492. The molecule has 0 saturated carbocycles. The molecule has 0 fully saturated rings. The molecule has 6 nitrogen and oxygen atoms in total. The van der Waals surface area contributed by atoms with Gasteiger partial charge in [-0.25, -0.2) is 4.98 Å². The third-order valence-electron chi connectivity index (χ3n) is 2.03. The lowest BCUT2D eigenvalue weighted by molar-refractivity contribution is -0.385. The van der Waals surface area contributed by atoms with Crippen molar-refractivity contribution in [2.24, 2.45) is 0 Å². The van der Waals surface area contributed by atoms with Gasteiger partial charge < -0.3 is 10.1 Å². The van der Waals surface area contributed by atoms with Crippen LogP contribution in [0.4, 0.5) is 5.69 Å². The summed E-state index contributed by atoms with van der Waals surface area (Å²) >= 11 is 0. The molecular formula is C8H7N3O3. The fourth-order valence-electron chi connectivity index (χ4n) is 1.38. The molecule has 2 N–H and O–H groups in total. The van der Waals surface area contributed by atoms with E-state index in [0.29, 0.717) is 11.0 Å². The first-order valence-electron chi connectivity index (χ1n) is 3.94. The number of aliphatic hydroxyl groups excluding tert-OH is 1. The van der Waals surface area contributed by atoms with Crippen molar-refractivity contribution in [3.05, 3.63) is 34.1 Å². The second kappa shape index (κ2) is 3.08. The Kier molecular flexibility index (Phi) is 1.90. The third-order valence-corrected chi connectivity index (χ3v) is 2.03. The Morgan fingerprint density at radius 1 is 1.57 bits per heavy atom. The smallest absolute Gasteiger partial charge is 0.277 e. The summed E-state index contributed by atoms with van der Waals surface area (Å²) in [5.41, 5.74) is 1.27. The van der Waals surface area contributed by atoms with E-state index in [4.69, 9.17) is 5.11 Å². The minimum Gasteiger partial charge on any atom is -0.391 e. The second-order valence-corrected chi connectivity index (χ2v) is 2.78. The number of nitrogens with zero attached hydrogens (tertiary/aromatic N) is 2. The molecule has 2 aromatic rings. The summed E-state index contributed by atoms with van der Waals surface area (Å²) in [5, 5.41) is 19.6. The van der Waals surface area contributed by atoms with Crippen molar-refractivity contribution in [3.63, 3.8) is 0 Å². The lowest BCUT2D eigenvalue weighted by Gasteiger charge is -1.99. The lowest BCUT2D eigenvalue weighted by Crippen LogP contribution is -1.96. The number of nitro benzene ring substituents is 1. The lowest BCUT2D eigenvalue weighted by atomic mass is 10.1. The van der Waals surface area contributed by atoms with Crippen molar-refractivity contribution in [2.75, 3.05) is 0 Å². The Morgan fingerprint density at radius 3 is 3.00 bits per heavy atom. The minimum absolute atomic E-state index is 0.105. The van der Waals surface area contributed by atoms with Gasteiger partial charge in [0.1, 0.15) is 5.52 Å². The first-order chi connectivity index (χ1) is 6.74. The molecule has 0 aliphatic carbocycles. The van der Waals surface area contributed by atoms with E-state index in [1.54, 1.807) is 6.07 Å². The highest BCUT2D eigenvalue weighted by Crippen LogP contribution is 2.25. The predicted molar refractivity (Wildman–Crippen MR) is 48.7 cm³/mol. The van der Waals surface area contributed by atoms with E-state index in [9.17, 15) is 10.1 Å². The maximum absolute atomic E-state index is 10.6. The number of rotatable bonds is 2. The van der Waals surface area contributed by atoms with Gasteiger partial charge in [-0.2, -0.15) is 0 Å². The Morgan fingerprint density at radius 2 is 2.36 bits per heavy atom. The van der Waals surface area contributed by atoms with E-state index in [-0.39, 0.29) is 11.3 Å². The van der Waals surface area contributed by atoms with Gasteiger partial charge in [0.25, 0.3) is 5.69 Å². The Hall–Kier alpha value is -1.95. The van der Waals surface area contributed by atoms with Gasteiger partial charge >= 0.3 is 0 Å². The fraction of sp³-hybridized carbons (Fsp3) is 0.125. The zero-order valence-electron chi connectivity index (χ0n) is 7.10. The quantitative estimate of drug-likeness (QED) is 0.548. The maximum Gasteiger partial charge on any atom is 0.277 e. The molecule has 6 heteroatoms. The van der Waals surface area contributed by atoms with Crippen molar-refractivity contribution in [1.29, 1.82) is 0 Å². The zero-order chi connectivity index (χ0) is 10.1. The molecule has 1 heterocycles. The predicted octanol–water partition coefficient (Wildman–Crippen LogP) is 0.963. The van der Waals surface area contributed by atoms with Crippen molar-refractivity contribution >= 4 is 16.7 Å². The summed E-state index contributed by atoms with van der Waals surface area (Å²) in [7, 11) is 0. The van der Waals surface area contributed by atoms with Crippen LogP contribution in [0.15, 0.2) is 18.5 Å². The average Bonchev–Trinajstić information content (AvgIpc) is 2.63. The second-order valence-electron chi connectivity index (χ2n) is 2.78. The maximum atomic E-state index is 10.6. The SMILES string of the molecule is O=[N+]([O-])c1ccc2[nH]cnc2c1CO. The van der Waals surface area contributed by atoms with Crippen LogP contribution >= 0.6 is 0 Å². The topological polar surface area (TPSA) is 92.0 Å². The van der Waals surface area contributed by atoms with Crippen molar-refractivity contribution < 1.29 is 10.0 Å². The summed E-state index contributed by atoms with van der Waals surface area (Å²) in [6.07, 6.45) is 1.44. The zero-order valence-corrected chi connectivity index (χ0v) is 7.10. The van der Waals surface area contributed by atoms with Crippen LogP contribution in [0.2, 0.25) is 0 Å². The molecule has 72 valence electrons. The molecule has 0 saturated heterocycles. The van der Waals surface area contributed by atoms with Crippen LogP contribution in [-0.2, 0) is 6.61 Å². The van der Waals surface area contributed by atoms with Crippen LogP contribution in [0, 0.1) is 10.1 Å². The summed E-state index contributed by atoms with van der Waals surface area (Å²) in [5.74, 6) is 0. The molecule has 0 unspecified atom stereocenters. The molecule has 0 amide bonds. The third kappa shape index (κ3) is 1.12. The highest BCUT2D eigenvalue weighted by molar-refractivity contribution is 5.81. The number of hydrogen-bond acceptors (Lipinski definition) is 4. The van der Waals surface area contributed by atoms with Gasteiger partial charge in [0.2, 0.25) is 0 Å². The molecule has 0 radical (unpaired) electrons. The number of nitro groups is 1. The molecule has 0 spiro atoms. The highest BCUT2D eigenvalue weighted by Gasteiger charge is 2.17. The molecule has 14 heavy (non-hydrogen) atoms. The average molecular weight is 193 g/mol. The van der Waals surface area contributed by atoms with Gasteiger partial charge in [0.05, 0.1) is 28.9 Å². The van der Waals surface area contributed by atoms with Crippen LogP contribution in [0.3, 0.4) is 0 Å². The molecule has 0 bridgehead atoms. The number of aliphatic hydroxyl groups is 1. The Balaban J connectivity index is 2.78. The molecule has 2 rings (SSSR count). The number of fused-ring (bicyclic) bond motifs is 1.